The van der Waals surface area contributed by atoms with E-state index < -0.39 is 0 Å². The number of hydrogen-bond acceptors (Lipinski definition) is 1. The molecule has 2 aliphatic heterocycles. The smallest absolute Gasteiger partial charge is 0.146 e. The minimum atomic E-state index is 0.949. The molecule has 0 N–H and O–H groups in total. The van der Waals surface area contributed by atoms with Crippen molar-refractivity contribution in [3.63, 3.8) is 0 Å². The van der Waals surface area contributed by atoms with Crippen molar-refractivity contribution in [1.82, 2.24) is 4.57 Å². The highest BCUT2D eigenvalue weighted by molar-refractivity contribution is 6.62. The van der Waals surface area contributed by atoms with Crippen LogP contribution in [0, 0.1) is 0 Å². The van der Waals surface area contributed by atoms with Gasteiger partial charge in [0.1, 0.15) is 12.5 Å². The van der Waals surface area contributed by atoms with E-state index in [1.54, 1.807) is 7.11 Å². The molecule has 0 spiro atoms. The second-order valence-corrected chi connectivity index (χ2v) is 7.62. The van der Waals surface area contributed by atoms with E-state index in [1.807, 2.05) is 0 Å². The quantitative estimate of drug-likeness (QED) is 0.652. The Bertz CT molecular complexity index is 643. The van der Waals surface area contributed by atoms with Crippen LogP contribution in [0.1, 0.15) is 44.9 Å². The van der Waals surface area contributed by atoms with Gasteiger partial charge in [-0.1, -0.05) is 56.5 Å². The lowest BCUT2D eigenvalue weighted by atomic mass is 9.26. The maximum atomic E-state index is 5.33. The molecule has 2 fully saturated rings. The molecule has 4 rings (SSSR count). The van der Waals surface area contributed by atoms with E-state index in [2.05, 4.69) is 35.0 Å². The van der Waals surface area contributed by atoms with Gasteiger partial charge in [0.15, 0.2) is 0 Å². The van der Waals surface area contributed by atoms with Gasteiger partial charge in [-0.2, -0.15) is 0 Å². The first kappa shape index (κ1) is 15.2. The summed E-state index contributed by atoms with van der Waals surface area (Å²) in [7, 11) is 1.74. The zero-order chi connectivity index (χ0) is 15.6. The predicted molar refractivity (Wildman–Crippen MR) is 98.9 cm³/mol. The molecule has 23 heavy (non-hydrogen) atoms. The Hall–Kier alpha value is -1.38. The molecule has 0 aliphatic carbocycles. The molecule has 0 amide bonds. The third-order valence-electron chi connectivity index (χ3n) is 6.43. The van der Waals surface area contributed by atoms with Crippen LogP contribution < -0.4 is 4.74 Å². The largest absolute Gasteiger partial charge is 0.497 e. The third-order valence-corrected chi connectivity index (χ3v) is 6.43. The molecule has 2 bridgehead atoms. The fourth-order valence-corrected chi connectivity index (χ4v) is 5.28. The molecule has 1 aromatic carbocycles. The summed E-state index contributed by atoms with van der Waals surface area (Å²) in [6, 6.07) is 8.62. The Labute approximate surface area is 140 Å². The van der Waals surface area contributed by atoms with Gasteiger partial charge in [0.25, 0.3) is 0 Å². The number of methoxy groups -OCH3 is 1. The van der Waals surface area contributed by atoms with E-state index in [9.17, 15) is 0 Å². The van der Waals surface area contributed by atoms with Crippen LogP contribution in [0.25, 0.3) is 10.9 Å². The van der Waals surface area contributed by atoms with Gasteiger partial charge < -0.3 is 9.30 Å². The van der Waals surface area contributed by atoms with Crippen LogP contribution in [0.3, 0.4) is 0 Å². The van der Waals surface area contributed by atoms with Crippen molar-refractivity contribution < 1.29 is 4.74 Å². The molecule has 0 unspecified atom stereocenters. The first-order valence-electron chi connectivity index (χ1n) is 9.48. The Balaban J connectivity index is 1.39. The fourth-order valence-electron chi connectivity index (χ4n) is 5.28. The molecular formula is C20H28BNO. The summed E-state index contributed by atoms with van der Waals surface area (Å²) in [6.07, 6.45) is 14.0. The van der Waals surface area contributed by atoms with Crippen LogP contribution in [0.4, 0.5) is 0 Å². The van der Waals surface area contributed by atoms with Crippen LogP contribution in [0.2, 0.25) is 18.0 Å². The van der Waals surface area contributed by atoms with E-state index in [0.29, 0.717) is 0 Å². The number of fused-ring (bicyclic) bond motifs is 3. The van der Waals surface area contributed by atoms with Crippen LogP contribution in [-0.2, 0) is 6.54 Å². The molecule has 2 aromatic rings. The van der Waals surface area contributed by atoms with E-state index >= 15 is 0 Å². The Morgan fingerprint density at radius 1 is 1.09 bits per heavy atom. The molecule has 1 aromatic heterocycles. The monoisotopic (exact) mass is 309 g/mol. The molecule has 3 heteroatoms. The van der Waals surface area contributed by atoms with Crippen LogP contribution >= 0.6 is 0 Å². The van der Waals surface area contributed by atoms with Gasteiger partial charge >= 0.3 is 0 Å². The Morgan fingerprint density at radius 2 is 1.83 bits per heavy atom. The number of aryl methyl sites for hydroxylation is 1. The predicted octanol–water partition coefficient (Wildman–Crippen LogP) is 5.64. The van der Waals surface area contributed by atoms with Crippen molar-refractivity contribution in [3.05, 3.63) is 30.5 Å². The van der Waals surface area contributed by atoms with Crippen molar-refractivity contribution in [3.8, 4) is 5.75 Å². The molecule has 2 aliphatic rings. The number of benzene rings is 1. The standard InChI is InChI=1S/C20H28BNO/c1-23-19-9-10-20-16(15-19)11-14-22(20)13-4-12-21-17-5-2-6-18(21)8-3-7-17/h9-11,14-15,17-18H,2-8,12-13H2,1H3. The number of rotatable bonds is 5. The minimum absolute atomic E-state index is 0.949. The van der Waals surface area contributed by atoms with Gasteiger partial charge in [-0.25, -0.2) is 0 Å². The van der Waals surface area contributed by atoms with Crippen molar-refractivity contribution in [2.45, 2.75) is 69.4 Å². The van der Waals surface area contributed by atoms with Gasteiger partial charge in [0, 0.05) is 23.6 Å². The maximum Gasteiger partial charge on any atom is 0.146 e. The van der Waals surface area contributed by atoms with Gasteiger partial charge in [0.2, 0.25) is 0 Å². The SMILES string of the molecule is COc1ccc2c(ccn2CCCB2C3CCCC2CCC3)c1. The average Bonchev–Trinajstić information content (AvgIpc) is 2.97. The van der Waals surface area contributed by atoms with Crippen molar-refractivity contribution in [1.29, 1.82) is 0 Å². The zero-order valence-corrected chi connectivity index (χ0v) is 14.3. The lowest BCUT2D eigenvalue weighted by molar-refractivity contribution is 0.415. The maximum absolute atomic E-state index is 5.33. The highest BCUT2D eigenvalue weighted by atomic mass is 16.5. The summed E-state index contributed by atoms with van der Waals surface area (Å²) in [5.74, 6) is 3.05. The highest BCUT2D eigenvalue weighted by Crippen LogP contribution is 2.48. The van der Waals surface area contributed by atoms with Gasteiger partial charge in [-0.15, -0.1) is 0 Å². The second-order valence-electron chi connectivity index (χ2n) is 7.62. The molecule has 0 radical (unpaired) electrons. The summed E-state index contributed by atoms with van der Waals surface area (Å²) in [6.45, 7) is 2.19. The molecular weight excluding hydrogens is 281 g/mol. The van der Waals surface area contributed by atoms with Gasteiger partial charge in [-0.05, 0) is 30.7 Å². The topological polar surface area (TPSA) is 14.2 Å². The summed E-state index contributed by atoms with van der Waals surface area (Å²) in [5.41, 5.74) is 1.34. The average molecular weight is 309 g/mol. The fraction of sp³-hybridized carbons (Fsp3) is 0.600. The summed E-state index contributed by atoms with van der Waals surface area (Å²) in [4.78, 5) is 0. The van der Waals surface area contributed by atoms with Gasteiger partial charge in [0.05, 0.1) is 7.11 Å². The number of ether oxygens (including phenoxy) is 1. The highest BCUT2D eigenvalue weighted by Gasteiger charge is 2.38. The lowest BCUT2D eigenvalue weighted by Gasteiger charge is -2.40. The first-order chi connectivity index (χ1) is 11.3. The molecule has 122 valence electrons. The summed E-state index contributed by atoms with van der Waals surface area (Å²) >= 11 is 0. The van der Waals surface area contributed by atoms with E-state index in [4.69, 9.17) is 4.74 Å². The zero-order valence-electron chi connectivity index (χ0n) is 14.3. The van der Waals surface area contributed by atoms with Crippen LogP contribution in [0.15, 0.2) is 30.5 Å². The van der Waals surface area contributed by atoms with E-state index in [1.165, 1.54) is 62.2 Å². The van der Waals surface area contributed by atoms with Crippen molar-refractivity contribution >= 4 is 17.6 Å². The van der Waals surface area contributed by atoms with Gasteiger partial charge in [-0.3, -0.25) is 0 Å². The first-order valence-corrected chi connectivity index (χ1v) is 9.48. The third kappa shape index (κ3) is 3.03. The normalized spacial score (nSPS) is 24.1. The number of hydrogen-bond donors (Lipinski definition) is 0. The summed E-state index contributed by atoms with van der Waals surface area (Å²) < 4.78 is 7.75. The summed E-state index contributed by atoms with van der Waals surface area (Å²) in [5, 5.41) is 1.29. The van der Waals surface area contributed by atoms with Crippen LogP contribution in [0.5, 0.6) is 5.75 Å². The molecule has 0 saturated carbocycles. The molecule has 2 nitrogen and oxygen atoms in total. The number of aromatic nitrogens is 1. The molecule has 3 heterocycles. The second kappa shape index (κ2) is 6.63. The number of nitrogens with zero attached hydrogens (tertiary/aromatic N) is 1. The van der Waals surface area contributed by atoms with Crippen LogP contribution in [-0.4, -0.2) is 18.4 Å². The van der Waals surface area contributed by atoms with Crippen molar-refractivity contribution in [2.24, 2.45) is 0 Å². The lowest BCUT2D eigenvalue weighted by Crippen LogP contribution is -2.34. The molecule has 2 saturated heterocycles. The van der Waals surface area contributed by atoms with E-state index in [-0.39, 0.29) is 0 Å². The minimum Gasteiger partial charge on any atom is -0.497 e. The Kier molecular flexibility index (Phi) is 4.37. The van der Waals surface area contributed by atoms with Crippen molar-refractivity contribution in [2.75, 3.05) is 7.11 Å². The Morgan fingerprint density at radius 3 is 2.52 bits per heavy atom. The van der Waals surface area contributed by atoms with E-state index in [0.717, 1.165) is 30.6 Å². The molecule has 0 atom stereocenters.